The minimum absolute atomic E-state index is 0.207. The van der Waals surface area contributed by atoms with Gasteiger partial charge in [0.25, 0.3) is 0 Å². The summed E-state index contributed by atoms with van der Waals surface area (Å²) >= 11 is 0. The molecule has 0 atom stereocenters. The molecular weight excluding hydrogens is 463 g/mol. The van der Waals surface area contributed by atoms with E-state index >= 15 is 0 Å². The first-order valence-electron chi connectivity index (χ1n) is 13.5. The number of carboxylic acids is 1. The highest BCUT2D eigenvalue weighted by Gasteiger charge is 2.30. The smallest absolute Gasteiger partial charge is 0.335 e. The molecule has 1 saturated carbocycles. The van der Waals surface area contributed by atoms with Gasteiger partial charge >= 0.3 is 5.97 Å². The number of halogens is 1. The number of aryl methyl sites for hydroxylation is 1. The maximum absolute atomic E-state index is 13.4. The van der Waals surface area contributed by atoms with Gasteiger partial charge in [0.15, 0.2) is 0 Å². The molecule has 4 nitrogen and oxygen atoms in total. The molecule has 0 bridgehead atoms. The molecule has 1 aliphatic carbocycles. The van der Waals surface area contributed by atoms with E-state index in [1.807, 2.05) is 24.3 Å². The maximum atomic E-state index is 13.4. The van der Waals surface area contributed by atoms with E-state index < -0.39 is 5.97 Å². The predicted octanol–water partition coefficient (Wildman–Crippen LogP) is 7.56. The van der Waals surface area contributed by atoms with Crippen molar-refractivity contribution in [1.82, 2.24) is 4.57 Å². The van der Waals surface area contributed by atoms with Crippen LogP contribution in [0.1, 0.15) is 65.1 Å². The highest BCUT2D eigenvalue weighted by molar-refractivity contribution is 5.99. The van der Waals surface area contributed by atoms with Crippen molar-refractivity contribution in [3.8, 4) is 11.3 Å². The second kappa shape index (κ2) is 9.70. The number of rotatable bonds is 5. The molecule has 5 heteroatoms. The molecule has 1 aromatic heterocycles. The molecule has 0 spiro atoms. The zero-order valence-corrected chi connectivity index (χ0v) is 21.3. The number of anilines is 1. The van der Waals surface area contributed by atoms with Crippen LogP contribution < -0.4 is 4.90 Å². The Hall–Kier alpha value is -3.60. The van der Waals surface area contributed by atoms with Gasteiger partial charge in [0.05, 0.1) is 11.3 Å². The lowest BCUT2D eigenvalue weighted by atomic mass is 9.81. The number of aromatic nitrogens is 1. The zero-order valence-electron chi connectivity index (χ0n) is 21.3. The van der Waals surface area contributed by atoms with E-state index in [1.165, 1.54) is 77.7 Å². The SMILES string of the molecule is Cc1ccc2c(c1)N(CCc1ccc(F)cc1)CCn1c-2c(C2CCCCC2)c2ccc(C(=O)O)cc21. The van der Waals surface area contributed by atoms with Crippen molar-refractivity contribution in [2.75, 3.05) is 18.0 Å². The van der Waals surface area contributed by atoms with Crippen LogP contribution in [0.25, 0.3) is 22.2 Å². The second-order valence-corrected chi connectivity index (χ2v) is 10.7. The molecule has 0 unspecified atom stereocenters. The van der Waals surface area contributed by atoms with Gasteiger partial charge in [-0.05, 0) is 79.1 Å². The molecule has 0 amide bonds. The van der Waals surface area contributed by atoms with E-state index in [4.69, 9.17) is 0 Å². The fourth-order valence-corrected chi connectivity index (χ4v) is 6.43. The first-order valence-corrected chi connectivity index (χ1v) is 13.5. The van der Waals surface area contributed by atoms with Gasteiger partial charge in [0.2, 0.25) is 0 Å². The van der Waals surface area contributed by atoms with E-state index in [9.17, 15) is 14.3 Å². The van der Waals surface area contributed by atoms with Crippen LogP contribution in [0.15, 0.2) is 60.7 Å². The number of nitrogens with zero attached hydrogens (tertiary/aromatic N) is 2. The Balaban J connectivity index is 1.50. The van der Waals surface area contributed by atoms with Crippen LogP contribution in [0.5, 0.6) is 0 Å². The van der Waals surface area contributed by atoms with Gasteiger partial charge in [-0.3, -0.25) is 0 Å². The molecule has 0 saturated heterocycles. The van der Waals surface area contributed by atoms with Crippen molar-refractivity contribution in [3.63, 3.8) is 0 Å². The Bertz CT molecular complexity index is 1460. The van der Waals surface area contributed by atoms with E-state index in [1.54, 1.807) is 6.07 Å². The molecule has 4 aromatic rings. The summed E-state index contributed by atoms with van der Waals surface area (Å²) in [7, 11) is 0. The monoisotopic (exact) mass is 496 g/mol. The molecule has 1 fully saturated rings. The van der Waals surface area contributed by atoms with Gasteiger partial charge in [-0.1, -0.05) is 49.6 Å². The van der Waals surface area contributed by atoms with Crippen molar-refractivity contribution >= 4 is 22.6 Å². The first kappa shape index (κ1) is 23.8. The lowest BCUT2D eigenvalue weighted by Gasteiger charge is -2.26. The third-order valence-electron chi connectivity index (χ3n) is 8.29. The minimum Gasteiger partial charge on any atom is -0.478 e. The van der Waals surface area contributed by atoms with Gasteiger partial charge in [-0.15, -0.1) is 0 Å². The van der Waals surface area contributed by atoms with Gasteiger partial charge in [0, 0.05) is 41.8 Å². The van der Waals surface area contributed by atoms with Crippen LogP contribution in [0.3, 0.4) is 0 Å². The standard InChI is InChI=1S/C32H33FN2O2/c1-21-7-13-27-28(19-21)34(16-15-22-8-11-25(33)12-9-22)17-18-35-29-20-24(32(36)37)10-14-26(29)30(31(27)35)23-5-3-2-4-6-23/h7-14,19-20,23H,2-6,15-18H2,1H3,(H,36,37). The number of carboxylic acid groups (broad SMARTS) is 1. The lowest BCUT2D eigenvalue weighted by molar-refractivity contribution is 0.0697. The largest absolute Gasteiger partial charge is 0.478 e. The minimum atomic E-state index is -0.887. The highest BCUT2D eigenvalue weighted by atomic mass is 19.1. The van der Waals surface area contributed by atoms with E-state index in [2.05, 4.69) is 34.6 Å². The Labute approximate surface area is 217 Å². The molecule has 1 aliphatic heterocycles. The predicted molar refractivity (Wildman–Crippen MR) is 147 cm³/mol. The van der Waals surface area contributed by atoms with Gasteiger partial charge < -0.3 is 14.6 Å². The molecule has 190 valence electrons. The third-order valence-corrected chi connectivity index (χ3v) is 8.29. The van der Waals surface area contributed by atoms with Crippen molar-refractivity contribution in [3.05, 3.63) is 88.7 Å². The Kier molecular flexibility index (Phi) is 6.23. The summed E-state index contributed by atoms with van der Waals surface area (Å²) in [5.74, 6) is -0.605. The average Bonchev–Trinajstić information content (AvgIpc) is 3.14. The number of fused-ring (bicyclic) bond motifs is 5. The van der Waals surface area contributed by atoms with Crippen LogP contribution in [0.2, 0.25) is 0 Å². The zero-order chi connectivity index (χ0) is 25.5. The average molecular weight is 497 g/mol. The summed E-state index contributed by atoms with van der Waals surface area (Å²) in [5.41, 5.74) is 8.85. The van der Waals surface area contributed by atoms with Crippen LogP contribution in [-0.4, -0.2) is 28.7 Å². The Morgan fingerprint density at radius 2 is 1.76 bits per heavy atom. The summed E-state index contributed by atoms with van der Waals surface area (Å²) < 4.78 is 15.8. The van der Waals surface area contributed by atoms with E-state index in [-0.39, 0.29) is 5.82 Å². The molecule has 2 aliphatic rings. The quantitative estimate of drug-likeness (QED) is 0.310. The number of aromatic carboxylic acids is 1. The van der Waals surface area contributed by atoms with Gasteiger partial charge in [-0.2, -0.15) is 0 Å². The van der Waals surface area contributed by atoms with Crippen molar-refractivity contribution < 1.29 is 14.3 Å². The topological polar surface area (TPSA) is 45.5 Å². The molecule has 0 radical (unpaired) electrons. The molecule has 1 N–H and O–H groups in total. The van der Waals surface area contributed by atoms with Gasteiger partial charge in [0.1, 0.15) is 5.82 Å². The molecule has 3 aromatic carbocycles. The number of benzene rings is 3. The number of hydrogen-bond acceptors (Lipinski definition) is 2. The lowest BCUT2D eigenvalue weighted by Crippen LogP contribution is -2.28. The van der Waals surface area contributed by atoms with Crippen LogP contribution in [0, 0.1) is 12.7 Å². The summed E-state index contributed by atoms with van der Waals surface area (Å²) in [6.07, 6.45) is 6.98. The fourth-order valence-electron chi connectivity index (χ4n) is 6.43. The summed E-state index contributed by atoms with van der Waals surface area (Å²) in [6, 6.07) is 19.2. The van der Waals surface area contributed by atoms with Gasteiger partial charge in [-0.25, -0.2) is 9.18 Å². The highest BCUT2D eigenvalue weighted by Crippen LogP contribution is 2.47. The number of carbonyl (C=O) groups is 1. The Morgan fingerprint density at radius 1 is 0.973 bits per heavy atom. The van der Waals surface area contributed by atoms with Crippen molar-refractivity contribution in [2.24, 2.45) is 0 Å². The maximum Gasteiger partial charge on any atom is 0.335 e. The molecule has 37 heavy (non-hydrogen) atoms. The van der Waals surface area contributed by atoms with Crippen molar-refractivity contribution in [1.29, 1.82) is 0 Å². The molecule has 2 heterocycles. The van der Waals surface area contributed by atoms with Crippen molar-refractivity contribution in [2.45, 2.75) is 57.9 Å². The summed E-state index contributed by atoms with van der Waals surface area (Å²) in [4.78, 5) is 14.3. The second-order valence-electron chi connectivity index (χ2n) is 10.7. The summed E-state index contributed by atoms with van der Waals surface area (Å²) in [5, 5.41) is 11.0. The normalized spacial score (nSPS) is 15.9. The van der Waals surface area contributed by atoms with Crippen LogP contribution in [0.4, 0.5) is 10.1 Å². The third kappa shape index (κ3) is 4.41. The van der Waals surface area contributed by atoms with E-state index in [0.717, 1.165) is 37.1 Å². The van der Waals surface area contributed by atoms with Crippen LogP contribution in [-0.2, 0) is 13.0 Å². The van der Waals surface area contributed by atoms with E-state index in [0.29, 0.717) is 11.5 Å². The molecule has 6 rings (SSSR count). The first-order chi connectivity index (χ1) is 18.0. The number of hydrogen-bond donors (Lipinski definition) is 1. The van der Waals surface area contributed by atoms with Crippen LogP contribution >= 0.6 is 0 Å². The molecular formula is C32H33FN2O2. The Morgan fingerprint density at radius 3 is 2.51 bits per heavy atom. The fraction of sp³-hybridized carbons (Fsp3) is 0.344. The summed E-state index contributed by atoms with van der Waals surface area (Å²) in [6.45, 7) is 4.60.